The molecule has 5 heterocycles. The van der Waals surface area contributed by atoms with Crippen LogP contribution < -0.4 is 10.2 Å². The van der Waals surface area contributed by atoms with Crippen molar-refractivity contribution in [2.75, 3.05) is 23.3 Å². The Bertz CT molecular complexity index is 1290. The molecule has 1 saturated heterocycles. The SMILES string of the molecule is Cc1cnc(Nc2ccnc(N3CCC[C@H](c4cccc(-c5noc(C(F)(F)F)n5)n4)C3)n2)s1. The van der Waals surface area contributed by atoms with E-state index in [0.29, 0.717) is 18.3 Å². The number of alkyl halides is 3. The molecule has 1 fully saturated rings. The van der Waals surface area contributed by atoms with Gasteiger partial charge in [-0.2, -0.15) is 23.1 Å². The maximum absolute atomic E-state index is 12.8. The zero-order valence-electron chi connectivity index (χ0n) is 18.0. The van der Waals surface area contributed by atoms with E-state index in [-0.39, 0.29) is 17.4 Å². The highest BCUT2D eigenvalue weighted by atomic mass is 32.1. The van der Waals surface area contributed by atoms with Crippen LogP contribution in [0.25, 0.3) is 11.5 Å². The molecule has 4 aromatic heterocycles. The van der Waals surface area contributed by atoms with Crippen LogP contribution in [0, 0.1) is 6.92 Å². The third-order valence-electron chi connectivity index (χ3n) is 5.29. The molecule has 1 aliphatic heterocycles. The summed E-state index contributed by atoms with van der Waals surface area (Å²) in [6.45, 7) is 3.39. The molecule has 5 rings (SSSR count). The number of aryl methyl sites for hydroxylation is 1. The second kappa shape index (κ2) is 8.97. The van der Waals surface area contributed by atoms with Crippen molar-refractivity contribution in [2.45, 2.75) is 31.9 Å². The summed E-state index contributed by atoms with van der Waals surface area (Å²) in [6, 6.07) is 6.93. The largest absolute Gasteiger partial charge is 0.471 e. The zero-order chi connectivity index (χ0) is 23.7. The van der Waals surface area contributed by atoms with Gasteiger partial charge in [-0.15, -0.1) is 11.3 Å². The number of piperidine rings is 1. The first-order chi connectivity index (χ1) is 16.3. The van der Waals surface area contributed by atoms with E-state index in [1.807, 2.05) is 13.0 Å². The molecule has 0 radical (unpaired) electrons. The van der Waals surface area contributed by atoms with Gasteiger partial charge in [0.1, 0.15) is 11.5 Å². The Balaban J connectivity index is 1.33. The van der Waals surface area contributed by atoms with Gasteiger partial charge in [-0.3, -0.25) is 0 Å². The molecule has 0 bridgehead atoms. The average Bonchev–Trinajstić information content (AvgIpc) is 3.49. The molecule has 0 spiro atoms. The van der Waals surface area contributed by atoms with Gasteiger partial charge in [0.25, 0.3) is 0 Å². The van der Waals surface area contributed by atoms with E-state index in [1.54, 1.807) is 41.9 Å². The maximum Gasteiger partial charge on any atom is 0.471 e. The summed E-state index contributed by atoms with van der Waals surface area (Å²) < 4.78 is 42.7. The highest BCUT2D eigenvalue weighted by Crippen LogP contribution is 2.31. The Hall–Kier alpha value is -3.61. The third-order valence-corrected chi connectivity index (χ3v) is 6.12. The van der Waals surface area contributed by atoms with Crippen LogP contribution in [0.15, 0.2) is 41.2 Å². The minimum atomic E-state index is -4.70. The normalized spacial score (nSPS) is 16.6. The molecule has 4 aromatic rings. The van der Waals surface area contributed by atoms with Gasteiger partial charge >= 0.3 is 12.1 Å². The molecule has 13 heteroatoms. The van der Waals surface area contributed by atoms with Crippen LogP contribution in [-0.2, 0) is 6.18 Å². The van der Waals surface area contributed by atoms with Gasteiger partial charge in [0.15, 0.2) is 5.13 Å². The average molecular weight is 488 g/mol. The quantitative estimate of drug-likeness (QED) is 0.423. The number of hydrogen-bond donors (Lipinski definition) is 1. The van der Waals surface area contributed by atoms with E-state index in [0.717, 1.165) is 35.1 Å². The van der Waals surface area contributed by atoms with E-state index in [9.17, 15) is 13.2 Å². The molecular weight excluding hydrogens is 469 g/mol. The van der Waals surface area contributed by atoms with Crippen LogP contribution in [0.2, 0.25) is 0 Å². The highest BCUT2D eigenvalue weighted by Gasteiger charge is 2.38. The number of rotatable bonds is 5. The van der Waals surface area contributed by atoms with E-state index in [1.165, 1.54) is 0 Å². The Labute approximate surface area is 196 Å². The summed E-state index contributed by atoms with van der Waals surface area (Å²) in [7, 11) is 0. The number of nitrogens with zero attached hydrogens (tertiary/aromatic N) is 7. The number of anilines is 3. The monoisotopic (exact) mass is 488 g/mol. The predicted octanol–water partition coefficient (Wildman–Crippen LogP) is 4.83. The second-order valence-corrected chi connectivity index (χ2v) is 9.03. The molecular formula is C21H19F3N8OS. The fourth-order valence-corrected chi connectivity index (χ4v) is 4.41. The molecule has 176 valence electrons. The molecule has 1 atom stereocenters. The molecule has 1 N–H and O–H groups in total. The van der Waals surface area contributed by atoms with Gasteiger partial charge in [0, 0.05) is 42.0 Å². The Morgan fingerprint density at radius 3 is 2.79 bits per heavy atom. The lowest BCUT2D eigenvalue weighted by molar-refractivity contribution is -0.159. The molecule has 0 aliphatic carbocycles. The summed E-state index contributed by atoms with van der Waals surface area (Å²) in [5.74, 6) is -0.297. The van der Waals surface area contributed by atoms with Gasteiger partial charge in [-0.25, -0.2) is 15.0 Å². The van der Waals surface area contributed by atoms with Crippen LogP contribution in [0.4, 0.5) is 30.1 Å². The van der Waals surface area contributed by atoms with Gasteiger partial charge in [-0.1, -0.05) is 11.2 Å². The summed E-state index contributed by atoms with van der Waals surface area (Å²) in [5, 5.41) is 7.40. The maximum atomic E-state index is 12.8. The van der Waals surface area contributed by atoms with Crippen molar-refractivity contribution < 1.29 is 17.7 Å². The lowest BCUT2D eigenvalue weighted by atomic mass is 9.94. The topological polar surface area (TPSA) is 106 Å². The van der Waals surface area contributed by atoms with Gasteiger partial charge < -0.3 is 14.7 Å². The zero-order valence-corrected chi connectivity index (χ0v) is 18.8. The number of aromatic nitrogens is 6. The number of thiazole rings is 1. The van der Waals surface area contributed by atoms with Crippen molar-refractivity contribution >= 4 is 28.2 Å². The van der Waals surface area contributed by atoms with Crippen molar-refractivity contribution in [2.24, 2.45) is 0 Å². The molecule has 34 heavy (non-hydrogen) atoms. The van der Waals surface area contributed by atoms with Crippen LogP contribution in [0.5, 0.6) is 0 Å². The summed E-state index contributed by atoms with van der Waals surface area (Å²) >= 11 is 1.54. The number of nitrogens with one attached hydrogen (secondary N) is 1. The second-order valence-electron chi connectivity index (χ2n) is 7.80. The molecule has 0 aromatic carbocycles. The summed E-state index contributed by atoms with van der Waals surface area (Å²) in [4.78, 5) is 24.5. The van der Waals surface area contributed by atoms with Crippen molar-refractivity contribution in [1.82, 2.24) is 30.1 Å². The minimum Gasteiger partial charge on any atom is -0.340 e. The minimum absolute atomic E-state index is 0.0458. The fraction of sp³-hybridized carbons (Fsp3) is 0.333. The molecule has 0 saturated carbocycles. The first-order valence-electron chi connectivity index (χ1n) is 10.5. The summed E-state index contributed by atoms with van der Waals surface area (Å²) in [5.41, 5.74) is 0.975. The van der Waals surface area contributed by atoms with Crippen LogP contribution in [0.3, 0.4) is 0 Å². The van der Waals surface area contributed by atoms with Crippen molar-refractivity contribution in [3.05, 3.63) is 53.1 Å². The van der Waals surface area contributed by atoms with E-state index in [4.69, 9.17) is 0 Å². The van der Waals surface area contributed by atoms with Crippen LogP contribution >= 0.6 is 11.3 Å². The number of pyridine rings is 1. The van der Waals surface area contributed by atoms with E-state index < -0.39 is 12.1 Å². The van der Waals surface area contributed by atoms with E-state index in [2.05, 4.69) is 44.8 Å². The Kier molecular flexibility index (Phi) is 5.86. The van der Waals surface area contributed by atoms with Crippen LogP contribution in [-0.4, -0.2) is 43.2 Å². The molecule has 1 aliphatic rings. The van der Waals surface area contributed by atoms with Gasteiger partial charge in [0.2, 0.25) is 11.8 Å². The van der Waals surface area contributed by atoms with Crippen molar-refractivity contribution in [3.63, 3.8) is 0 Å². The Morgan fingerprint density at radius 1 is 1.15 bits per heavy atom. The molecule has 9 nitrogen and oxygen atoms in total. The van der Waals surface area contributed by atoms with Crippen LogP contribution in [0.1, 0.15) is 35.2 Å². The van der Waals surface area contributed by atoms with Crippen molar-refractivity contribution in [1.29, 1.82) is 0 Å². The lowest BCUT2D eigenvalue weighted by Gasteiger charge is -2.32. The fourth-order valence-electron chi connectivity index (χ4n) is 3.74. The van der Waals surface area contributed by atoms with Gasteiger partial charge in [0.05, 0.1) is 0 Å². The van der Waals surface area contributed by atoms with E-state index >= 15 is 0 Å². The third kappa shape index (κ3) is 4.83. The number of halogens is 3. The smallest absolute Gasteiger partial charge is 0.340 e. The molecule has 0 unspecified atom stereocenters. The molecule has 0 amide bonds. The summed E-state index contributed by atoms with van der Waals surface area (Å²) in [6.07, 6.45) is 0.563. The number of hydrogen-bond acceptors (Lipinski definition) is 10. The predicted molar refractivity (Wildman–Crippen MR) is 119 cm³/mol. The van der Waals surface area contributed by atoms with Gasteiger partial charge in [-0.05, 0) is 38.0 Å². The van der Waals surface area contributed by atoms with Crippen molar-refractivity contribution in [3.8, 4) is 11.5 Å². The standard InChI is InChI=1S/C21H19F3N8OS/c1-12-10-26-20(34-12)29-16-7-8-25-19(28-16)32-9-3-4-13(11-32)14-5-2-6-15(27-14)17-30-18(33-31-17)21(22,23)24/h2,5-8,10,13H,3-4,9,11H2,1H3,(H,25,26,28,29)/t13-/m0/s1. The lowest BCUT2D eigenvalue weighted by Crippen LogP contribution is -2.35. The Morgan fingerprint density at radius 2 is 2.03 bits per heavy atom. The highest BCUT2D eigenvalue weighted by molar-refractivity contribution is 7.15. The first kappa shape index (κ1) is 22.2. The first-order valence-corrected chi connectivity index (χ1v) is 11.3.